The monoisotopic (exact) mass is 215 g/mol. The summed E-state index contributed by atoms with van der Waals surface area (Å²) in [6.45, 7) is 2.27. The molecule has 0 saturated carbocycles. The zero-order valence-electron chi connectivity index (χ0n) is 9.20. The summed E-state index contributed by atoms with van der Waals surface area (Å²) in [5.74, 6) is -0.238. The number of rotatable bonds is 2. The van der Waals surface area contributed by atoms with Gasteiger partial charge in [-0.05, 0) is 30.2 Å². The lowest BCUT2D eigenvalue weighted by Gasteiger charge is -2.05. The van der Waals surface area contributed by atoms with Gasteiger partial charge in [-0.1, -0.05) is 35.9 Å². The molecule has 0 aliphatic carbocycles. The van der Waals surface area contributed by atoms with E-state index in [0.717, 1.165) is 11.1 Å². The second-order valence-corrected chi connectivity index (χ2v) is 3.88. The lowest BCUT2D eigenvalue weighted by molar-refractivity contribution is 0.611. The molecule has 0 atom stereocenters. The highest BCUT2D eigenvalue weighted by molar-refractivity contribution is 5.64. The Labute approximate surface area is 94.7 Å². The molecule has 0 saturated heterocycles. The first-order valence-corrected chi connectivity index (χ1v) is 5.26. The molecule has 1 nitrogen and oxygen atoms in total. The summed E-state index contributed by atoms with van der Waals surface area (Å²) in [4.78, 5) is 0. The Bertz CT molecular complexity index is 489. The first-order valence-electron chi connectivity index (χ1n) is 5.26. The van der Waals surface area contributed by atoms with Gasteiger partial charge >= 0.3 is 0 Å². The summed E-state index contributed by atoms with van der Waals surface area (Å²) in [5.41, 5.74) is 9.33. The van der Waals surface area contributed by atoms with Crippen LogP contribution in [0.5, 0.6) is 0 Å². The summed E-state index contributed by atoms with van der Waals surface area (Å²) in [7, 11) is 0. The molecule has 0 amide bonds. The lowest BCUT2D eigenvalue weighted by atomic mass is 10.0. The van der Waals surface area contributed by atoms with Gasteiger partial charge in [-0.3, -0.25) is 0 Å². The van der Waals surface area contributed by atoms with E-state index in [2.05, 4.69) is 0 Å². The predicted octanol–water partition coefficient (Wildman–Crippen LogP) is 3.26. The minimum absolute atomic E-state index is 0.228. The highest BCUT2D eigenvalue weighted by Gasteiger charge is 2.03. The van der Waals surface area contributed by atoms with Gasteiger partial charge in [0.25, 0.3) is 0 Å². The molecule has 0 aliphatic rings. The second-order valence-electron chi connectivity index (χ2n) is 3.88. The van der Waals surface area contributed by atoms with Crippen molar-refractivity contribution in [3.63, 3.8) is 0 Å². The van der Waals surface area contributed by atoms with Crippen LogP contribution in [0.25, 0.3) is 11.1 Å². The van der Waals surface area contributed by atoms with Gasteiger partial charge in [0.1, 0.15) is 5.82 Å². The zero-order chi connectivity index (χ0) is 11.5. The van der Waals surface area contributed by atoms with E-state index in [1.165, 1.54) is 11.6 Å². The maximum absolute atomic E-state index is 13.3. The quantitative estimate of drug-likeness (QED) is 0.817. The molecule has 2 aromatic rings. The Morgan fingerprint density at radius 2 is 1.62 bits per heavy atom. The Kier molecular flexibility index (Phi) is 3.02. The van der Waals surface area contributed by atoms with Crippen LogP contribution in [0.3, 0.4) is 0 Å². The van der Waals surface area contributed by atoms with Crippen LogP contribution in [-0.2, 0) is 6.54 Å². The van der Waals surface area contributed by atoms with Crippen LogP contribution in [0.15, 0.2) is 42.5 Å². The largest absolute Gasteiger partial charge is 0.326 e. The van der Waals surface area contributed by atoms with E-state index in [1.807, 2.05) is 31.2 Å². The molecule has 0 fully saturated rings. The second kappa shape index (κ2) is 4.45. The van der Waals surface area contributed by atoms with Crippen molar-refractivity contribution in [3.8, 4) is 11.1 Å². The van der Waals surface area contributed by atoms with Crippen molar-refractivity contribution >= 4 is 0 Å². The molecule has 0 unspecified atom stereocenters. The third kappa shape index (κ3) is 2.12. The van der Waals surface area contributed by atoms with E-state index < -0.39 is 0 Å². The maximum atomic E-state index is 13.3. The highest BCUT2D eigenvalue weighted by atomic mass is 19.1. The van der Waals surface area contributed by atoms with Gasteiger partial charge in [0, 0.05) is 12.1 Å². The fourth-order valence-corrected chi connectivity index (χ4v) is 1.66. The standard InChI is InChI=1S/C14H14FN/c1-10-2-4-11(5-3-10)12-6-7-14(15)13(8-12)9-16/h2-8H,9,16H2,1H3. The van der Waals surface area contributed by atoms with Crippen LogP contribution in [0.2, 0.25) is 0 Å². The summed E-state index contributed by atoms with van der Waals surface area (Å²) in [6, 6.07) is 13.2. The smallest absolute Gasteiger partial charge is 0.127 e. The molecule has 0 spiro atoms. The lowest BCUT2D eigenvalue weighted by Crippen LogP contribution is -1.99. The fraction of sp³-hybridized carbons (Fsp3) is 0.143. The molecule has 0 aromatic heterocycles. The molecule has 0 heterocycles. The summed E-state index contributed by atoms with van der Waals surface area (Å²) < 4.78 is 13.3. The Hall–Kier alpha value is -1.67. The first kappa shape index (κ1) is 10.8. The molecule has 2 rings (SSSR count). The maximum Gasteiger partial charge on any atom is 0.127 e. The molecule has 0 radical (unpaired) electrons. The third-order valence-electron chi connectivity index (χ3n) is 2.65. The SMILES string of the molecule is Cc1ccc(-c2ccc(F)c(CN)c2)cc1. The van der Waals surface area contributed by atoms with Crippen molar-refractivity contribution in [3.05, 3.63) is 59.4 Å². The molecule has 2 heteroatoms. The van der Waals surface area contributed by atoms with Crippen molar-refractivity contribution < 1.29 is 4.39 Å². The predicted molar refractivity (Wildman–Crippen MR) is 64.5 cm³/mol. The molecular formula is C14H14FN. The summed E-state index contributed by atoms with van der Waals surface area (Å²) >= 11 is 0. The van der Waals surface area contributed by atoms with E-state index >= 15 is 0 Å². The number of benzene rings is 2. The molecule has 0 bridgehead atoms. The summed E-state index contributed by atoms with van der Waals surface area (Å²) in [6.07, 6.45) is 0. The number of hydrogen-bond donors (Lipinski definition) is 1. The normalized spacial score (nSPS) is 10.4. The average Bonchev–Trinajstić information content (AvgIpc) is 2.31. The van der Waals surface area contributed by atoms with Gasteiger partial charge in [-0.2, -0.15) is 0 Å². The van der Waals surface area contributed by atoms with Crippen LogP contribution in [0, 0.1) is 12.7 Å². The summed E-state index contributed by atoms with van der Waals surface area (Å²) in [5, 5.41) is 0. The first-order chi connectivity index (χ1) is 7.70. The molecular weight excluding hydrogens is 201 g/mol. The van der Waals surface area contributed by atoms with Crippen LogP contribution in [0.1, 0.15) is 11.1 Å². The highest BCUT2D eigenvalue weighted by Crippen LogP contribution is 2.22. The Balaban J connectivity index is 2.44. The van der Waals surface area contributed by atoms with Crippen molar-refractivity contribution in [2.24, 2.45) is 5.73 Å². The van der Waals surface area contributed by atoms with Crippen LogP contribution in [-0.4, -0.2) is 0 Å². The van der Waals surface area contributed by atoms with Crippen LogP contribution < -0.4 is 5.73 Å². The van der Waals surface area contributed by atoms with Gasteiger partial charge in [0.05, 0.1) is 0 Å². The minimum Gasteiger partial charge on any atom is -0.326 e. The Morgan fingerprint density at radius 1 is 1.00 bits per heavy atom. The van der Waals surface area contributed by atoms with Gasteiger partial charge < -0.3 is 5.73 Å². The minimum atomic E-state index is -0.238. The fourth-order valence-electron chi connectivity index (χ4n) is 1.66. The number of aryl methyl sites for hydroxylation is 1. The topological polar surface area (TPSA) is 26.0 Å². The van der Waals surface area contributed by atoms with E-state index in [0.29, 0.717) is 5.56 Å². The number of nitrogens with two attached hydrogens (primary N) is 1. The molecule has 2 aromatic carbocycles. The average molecular weight is 215 g/mol. The van der Waals surface area contributed by atoms with E-state index in [9.17, 15) is 4.39 Å². The van der Waals surface area contributed by atoms with Gasteiger partial charge in [0.2, 0.25) is 0 Å². The van der Waals surface area contributed by atoms with Crippen molar-refractivity contribution in [1.82, 2.24) is 0 Å². The Morgan fingerprint density at radius 3 is 2.25 bits per heavy atom. The van der Waals surface area contributed by atoms with Gasteiger partial charge in [0.15, 0.2) is 0 Å². The number of halogens is 1. The van der Waals surface area contributed by atoms with Crippen LogP contribution in [0.4, 0.5) is 4.39 Å². The van der Waals surface area contributed by atoms with E-state index in [-0.39, 0.29) is 12.4 Å². The zero-order valence-corrected chi connectivity index (χ0v) is 9.20. The molecule has 0 aliphatic heterocycles. The third-order valence-corrected chi connectivity index (χ3v) is 2.65. The van der Waals surface area contributed by atoms with Crippen molar-refractivity contribution in [2.75, 3.05) is 0 Å². The van der Waals surface area contributed by atoms with Gasteiger partial charge in [-0.25, -0.2) is 4.39 Å². The van der Waals surface area contributed by atoms with Crippen molar-refractivity contribution in [2.45, 2.75) is 13.5 Å². The van der Waals surface area contributed by atoms with Gasteiger partial charge in [-0.15, -0.1) is 0 Å². The molecule has 2 N–H and O–H groups in total. The van der Waals surface area contributed by atoms with Crippen LogP contribution >= 0.6 is 0 Å². The number of hydrogen-bond acceptors (Lipinski definition) is 1. The van der Waals surface area contributed by atoms with E-state index in [4.69, 9.17) is 5.73 Å². The molecule has 16 heavy (non-hydrogen) atoms. The van der Waals surface area contributed by atoms with E-state index in [1.54, 1.807) is 12.1 Å². The van der Waals surface area contributed by atoms with Crippen molar-refractivity contribution in [1.29, 1.82) is 0 Å². The molecule has 82 valence electrons.